The molecule has 1 aliphatic heterocycles. The molecule has 2 amide bonds. The number of aliphatic imine (C=N–C) groups is 1. The van der Waals surface area contributed by atoms with Crippen LogP contribution >= 0.6 is 0 Å². The lowest BCUT2D eigenvalue weighted by molar-refractivity contribution is -0.132. The van der Waals surface area contributed by atoms with E-state index in [4.69, 9.17) is 10.5 Å². The summed E-state index contributed by atoms with van der Waals surface area (Å²) in [5.41, 5.74) is 10.4. The first-order valence-electron chi connectivity index (χ1n) is 22.7. The van der Waals surface area contributed by atoms with Crippen LogP contribution in [-0.2, 0) is 59.4 Å². The summed E-state index contributed by atoms with van der Waals surface area (Å²) in [6.45, 7) is 13.3. The largest absolute Gasteiger partial charge is 0.508 e. The van der Waals surface area contributed by atoms with Gasteiger partial charge in [0.25, 0.3) is 10.0 Å². The Morgan fingerprint density at radius 2 is 1.37 bits per heavy atom. The number of carbonyl (C=O) groups is 3. The van der Waals surface area contributed by atoms with Gasteiger partial charge in [0.1, 0.15) is 29.2 Å². The standard InChI is InChI=1S/C50H66N6O9S2/c1-32(2)28-42(54-48(60)43(29-37-21-23-39(57)24-22-37)55-66(61,62)31-38-18-12-9-13-19-38)47(59)53-41(44(58)30-36-16-10-8-11-17-36)20-14-15-27-52-49(51)56-67(63,64)46-34(4)33(3)45-40(35(46)5)25-26-50(6,7)65-45/h8-13,16-19,21-24,32,41-43,55,57H,14-15,20,25-31H2,1-7H3,(H,53,59)(H,54,60)(H3,51,52,56)/t41-,42-,43-/m0/s1. The first kappa shape index (κ1) is 52.2. The number of nitrogens with zero attached hydrogens (tertiary/aromatic N) is 1. The second kappa shape index (κ2) is 22.8. The molecule has 0 saturated heterocycles. The van der Waals surface area contributed by atoms with E-state index in [-0.39, 0.29) is 71.9 Å². The number of phenols is 1. The van der Waals surface area contributed by atoms with Crippen LogP contribution in [0.25, 0.3) is 0 Å². The van der Waals surface area contributed by atoms with E-state index in [2.05, 4.69) is 25.1 Å². The number of ketones is 1. The third kappa shape index (κ3) is 15.1. The number of rotatable bonds is 22. The number of ether oxygens (including phenoxy) is 1. The van der Waals surface area contributed by atoms with Crippen molar-refractivity contribution in [1.29, 1.82) is 0 Å². The molecule has 17 heteroatoms. The summed E-state index contributed by atoms with van der Waals surface area (Å²) in [5.74, 6) is -1.65. The van der Waals surface area contributed by atoms with Gasteiger partial charge in [0, 0.05) is 13.0 Å². The van der Waals surface area contributed by atoms with Gasteiger partial charge >= 0.3 is 0 Å². The molecule has 0 unspecified atom stereocenters. The van der Waals surface area contributed by atoms with Crippen molar-refractivity contribution in [1.82, 2.24) is 20.1 Å². The number of carbonyl (C=O) groups excluding carboxylic acids is 3. The Hall–Kier alpha value is -5.78. The SMILES string of the molecule is Cc1c(C)c(S(=O)(=O)NC(N)=NCCCC[C@H](NC(=O)[C@H](CC(C)C)NC(=O)[C@H](Cc2ccc(O)cc2)NS(=O)(=O)Cc2ccccc2)C(=O)Cc2ccccc2)c(C)c2c1OC(C)(C)CC2. The first-order chi connectivity index (χ1) is 31.5. The number of guanidine groups is 1. The van der Waals surface area contributed by atoms with Crippen LogP contribution in [-0.4, -0.2) is 75.8 Å². The molecule has 0 aliphatic carbocycles. The zero-order valence-electron chi connectivity index (χ0n) is 39.5. The summed E-state index contributed by atoms with van der Waals surface area (Å²) in [5, 5.41) is 15.5. The van der Waals surface area contributed by atoms with Crippen LogP contribution in [0.5, 0.6) is 11.5 Å². The molecule has 1 heterocycles. The lowest BCUT2D eigenvalue weighted by Crippen LogP contribution is -2.56. The van der Waals surface area contributed by atoms with Crippen LogP contribution in [0.15, 0.2) is 94.8 Å². The van der Waals surface area contributed by atoms with Gasteiger partial charge in [0.05, 0.1) is 16.7 Å². The lowest BCUT2D eigenvalue weighted by atomic mass is 9.88. The average Bonchev–Trinajstić information content (AvgIpc) is 3.25. The topological polar surface area (TPSA) is 235 Å². The minimum Gasteiger partial charge on any atom is -0.508 e. The molecule has 0 spiro atoms. The third-order valence-electron chi connectivity index (χ3n) is 11.8. The van der Waals surface area contributed by atoms with E-state index in [1.165, 1.54) is 12.1 Å². The number of hydrogen-bond donors (Lipinski definition) is 6. The minimum absolute atomic E-state index is 0.00111. The predicted octanol–water partition coefficient (Wildman–Crippen LogP) is 5.74. The number of aromatic hydroxyl groups is 1. The van der Waals surface area contributed by atoms with Crippen molar-refractivity contribution >= 4 is 43.6 Å². The number of Topliss-reactive ketones (excluding diaryl/α,β-unsaturated/α-hetero) is 1. The van der Waals surface area contributed by atoms with E-state index in [1.807, 2.05) is 65.0 Å². The maximum atomic E-state index is 14.2. The van der Waals surface area contributed by atoms with Gasteiger partial charge in [-0.2, -0.15) is 0 Å². The number of fused-ring (bicyclic) bond motifs is 1. The quantitative estimate of drug-likeness (QED) is 0.0317. The molecule has 7 N–H and O–H groups in total. The van der Waals surface area contributed by atoms with Crippen LogP contribution in [0, 0.1) is 26.7 Å². The van der Waals surface area contributed by atoms with Crippen molar-refractivity contribution in [2.24, 2.45) is 16.6 Å². The van der Waals surface area contributed by atoms with Crippen LogP contribution in [0.1, 0.15) is 98.7 Å². The van der Waals surface area contributed by atoms with Gasteiger partial charge in [-0.05, 0) is 137 Å². The first-order valence-corrected chi connectivity index (χ1v) is 25.8. The van der Waals surface area contributed by atoms with Crippen molar-refractivity contribution < 1.29 is 41.1 Å². The smallest absolute Gasteiger partial charge is 0.264 e. The molecule has 5 rings (SSSR count). The number of amides is 2. The summed E-state index contributed by atoms with van der Waals surface area (Å²) in [6.07, 6.45) is 2.54. The fourth-order valence-corrected chi connectivity index (χ4v) is 11.1. The van der Waals surface area contributed by atoms with E-state index >= 15 is 0 Å². The highest BCUT2D eigenvalue weighted by atomic mass is 32.2. The molecular formula is C50H66N6O9S2. The Bertz CT molecular complexity index is 2620. The summed E-state index contributed by atoms with van der Waals surface area (Å²) in [6, 6.07) is 20.2. The molecule has 67 heavy (non-hydrogen) atoms. The highest BCUT2D eigenvalue weighted by Crippen LogP contribution is 2.42. The van der Waals surface area contributed by atoms with E-state index in [9.17, 15) is 36.3 Å². The molecule has 0 radical (unpaired) electrons. The number of nitrogens with one attached hydrogen (secondary N) is 4. The van der Waals surface area contributed by atoms with Crippen LogP contribution in [0.2, 0.25) is 0 Å². The molecule has 362 valence electrons. The second-order valence-corrected chi connectivity index (χ2v) is 21.8. The lowest BCUT2D eigenvalue weighted by Gasteiger charge is -2.35. The third-order valence-corrected chi connectivity index (χ3v) is 14.8. The summed E-state index contributed by atoms with van der Waals surface area (Å²) >= 11 is 0. The van der Waals surface area contributed by atoms with Crippen LogP contribution in [0.4, 0.5) is 0 Å². The molecule has 1 aliphatic rings. The van der Waals surface area contributed by atoms with Crippen LogP contribution < -0.4 is 30.5 Å². The zero-order chi connectivity index (χ0) is 49.1. The number of benzene rings is 4. The van der Waals surface area contributed by atoms with E-state index in [0.717, 1.165) is 28.9 Å². The molecule has 0 fully saturated rings. The summed E-state index contributed by atoms with van der Waals surface area (Å²) < 4.78 is 65.6. The predicted molar refractivity (Wildman–Crippen MR) is 261 cm³/mol. The summed E-state index contributed by atoms with van der Waals surface area (Å²) in [7, 11) is -8.17. The Kier molecular flexibility index (Phi) is 17.8. The molecular weight excluding hydrogens is 893 g/mol. The highest BCUT2D eigenvalue weighted by Gasteiger charge is 2.35. The number of hydrogen-bond acceptors (Lipinski definition) is 10. The molecule has 0 aromatic heterocycles. The van der Waals surface area contributed by atoms with E-state index in [1.54, 1.807) is 56.3 Å². The Morgan fingerprint density at radius 1 is 0.776 bits per heavy atom. The van der Waals surface area contributed by atoms with E-state index in [0.29, 0.717) is 41.5 Å². The highest BCUT2D eigenvalue weighted by molar-refractivity contribution is 7.90. The van der Waals surface area contributed by atoms with Crippen molar-refractivity contribution in [3.05, 3.63) is 124 Å². The monoisotopic (exact) mass is 958 g/mol. The number of phenolic OH excluding ortho intramolecular Hbond substituents is 1. The Morgan fingerprint density at radius 3 is 2.00 bits per heavy atom. The number of unbranched alkanes of at least 4 members (excludes halogenated alkanes) is 1. The Labute approximate surface area is 395 Å². The van der Waals surface area contributed by atoms with Gasteiger partial charge in [0.2, 0.25) is 27.8 Å². The van der Waals surface area contributed by atoms with Gasteiger partial charge < -0.3 is 26.2 Å². The van der Waals surface area contributed by atoms with Gasteiger partial charge in [-0.3, -0.25) is 19.4 Å². The molecule has 15 nitrogen and oxygen atoms in total. The maximum Gasteiger partial charge on any atom is 0.264 e. The van der Waals surface area contributed by atoms with Crippen molar-refractivity contribution in [2.75, 3.05) is 6.54 Å². The molecule has 0 bridgehead atoms. The minimum atomic E-state index is -4.11. The van der Waals surface area contributed by atoms with Crippen molar-refractivity contribution in [2.45, 2.75) is 134 Å². The van der Waals surface area contributed by atoms with E-state index < -0.39 is 50.0 Å². The number of nitrogens with two attached hydrogens (primary N) is 1. The van der Waals surface area contributed by atoms with Gasteiger partial charge in [-0.15, -0.1) is 0 Å². The molecule has 4 aromatic rings. The fourth-order valence-electron chi connectivity index (χ4n) is 8.22. The van der Waals surface area contributed by atoms with Crippen molar-refractivity contribution in [3.8, 4) is 11.5 Å². The zero-order valence-corrected chi connectivity index (χ0v) is 41.2. The number of sulfonamides is 2. The normalized spacial score (nSPS) is 15.1. The Balaban J connectivity index is 1.28. The van der Waals surface area contributed by atoms with Gasteiger partial charge in [-0.25, -0.2) is 26.3 Å². The van der Waals surface area contributed by atoms with Gasteiger partial charge in [0.15, 0.2) is 5.78 Å². The van der Waals surface area contributed by atoms with Crippen molar-refractivity contribution in [3.63, 3.8) is 0 Å². The molecule has 4 aromatic carbocycles. The average molecular weight is 959 g/mol. The summed E-state index contributed by atoms with van der Waals surface area (Å²) in [4.78, 5) is 46.6. The second-order valence-electron chi connectivity index (χ2n) is 18.4. The molecule has 0 saturated carbocycles. The van der Waals surface area contributed by atoms with Crippen LogP contribution in [0.3, 0.4) is 0 Å². The van der Waals surface area contributed by atoms with Gasteiger partial charge in [-0.1, -0.05) is 86.6 Å². The molecule has 3 atom stereocenters. The fraction of sp³-hybridized carbons (Fsp3) is 0.440. The maximum absolute atomic E-state index is 14.2.